The van der Waals surface area contributed by atoms with Crippen LogP contribution in [-0.2, 0) is 14.4 Å². The molecule has 2 saturated heterocycles. The number of hydroxylamine groups is 1. The van der Waals surface area contributed by atoms with Crippen LogP contribution in [0.25, 0.3) is 11.3 Å². The molecule has 10 heteroatoms. The van der Waals surface area contributed by atoms with Crippen molar-refractivity contribution < 1.29 is 28.2 Å². The van der Waals surface area contributed by atoms with Gasteiger partial charge >= 0.3 is 0 Å². The molecule has 2 aliphatic rings. The molecule has 3 atom stereocenters. The van der Waals surface area contributed by atoms with E-state index < -0.39 is 40.6 Å². The first kappa shape index (κ1) is 22.6. The second-order valence-corrected chi connectivity index (χ2v) is 8.62. The Balaban J connectivity index is 1.43. The summed E-state index contributed by atoms with van der Waals surface area (Å²) in [7, 11) is 0. The fourth-order valence-electron chi connectivity index (χ4n) is 4.84. The molecule has 3 heterocycles. The van der Waals surface area contributed by atoms with Gasteiger partial charge in [-0.15, -0.1) is 0 Å². The minimum absolute atomic E-state index is 0.126. The summed E-state index contributed by atoms with van der Waals surface area (Å²) in [5.74, 6) is -2.02. The Morgan fingerprint density at radius 3 is 2.24 bits per heavy atom. The normalized spacial score (nSPS) is 20.9. The van der Waals surface area contributed by atoms with E-state index >= 15 is 0 Å². The number of fused-ring (bicyclic) bond motifs is 1. The summed E-state index contributed by atoms with van der Waals surface area (Å²) in [6.45, 7) is 0. The van der Waals surface area contributed by atoms with Crippen molar-refractivity contribution in [2.75, 3.05) is 9.96 Å². The van der Waals surface area contributed by atoms with E-state index in [2.05, 4.69) is 0 Å². The Kier molecular flexibility index (Phi) is 5.31. The van der Waals surface area contributed by atoms with Crippen molar-refractivity contribution in [1.29, 1.82) is 0 Å². The molecule has 0 N–H and O–H groups in total. The second kappa shape index (κ2) is 8.68. The van der Waals surface area contributed by atoms with Crippen molar-refractivity contribution in [2.45, 2.75) is 12.1 Å². The van der Waals surface area contributed by atoms with E-state index in [1.165, 1.54) is 35.4 Å². The summed E-state index contributed by atoms with van der Waals surface area (Å²) >= 11 is 0. The van der Waals surface area contributed by atoms with E-state index in [1.807, 2.05) is 6.07 Å². The lowest BCUT2D eigenvalue weighted by Gasteiger charge is -2.27. The van der Waals surface area contributed by atoms with Gasteiger partial charge in [0.15, 0.2) is 6.10 Å². The first-order chi connectivity index (χ1) is 17.9. The molecular formula is C27H18FN3O6. The molecule has 3 aromatic carbocycles. The molecule has 0 saturated carbocycles. The van der Waals surface area contributed by atoms with Crippen LogP contribution >= 0.6 is 0 Å². The van der Waals surface area contributed by atoms with E-state index in [4.69, 9.17) is 9.25 Å². The Hall–Kier alpha value is -4.83. The van der Waals surface area contributed by atoms with E-state index in [9.17, 15) is 24.1 Å². The van der Waals surface area contributed by atoms with Crippen molar-refractivity contribution in [3.05, 3.63) is 113 Å². The van der Waals surface area contributed by atoms with Gasteiger partial charge in [0, 0.05) is 6.07 Å². The third kappa shape index (κ3) is 3.66. The number of carbonyl (C=O) groups excluding carboxylic acids is 2. The van der Waals surface area contributed by atoms with E-state index in [-0.39, 0.29) is 22.7 Å². The standard InChI is InChI=1S/C27H18FN3O6/c28-16-10-12-17(13-11-16)29-26(32)23-24(30(37-25(23)27(29)33)18-6-2-1-3-7-18)22-15-14-21(36-22)19-8-4-5-9-20(19)31(34)35/h1-15,23-25H/t23-,24-,25+/m0/s1. The number of rotatable bonds is 5. The first-order valence-corrected chi connectivity index (χ1v) is 11.4. The zero-order chi connectivity index (χ0) is 25.7. The zero-order valence-electron chi connectivity index (χ0n) is 19.1. The van der Waals surface area contributed by atoms with Gasteiger partial charge in [0.2, 0.25) is 5.91 Å². The Labute approximate surface area is 209 Å². The number of halogens is 1. The summed E-state index contributed by atoms with van der Waals surface area (Å²) < 4.78 is 19.6. The fraction of sp³-hybridized carbons (Fsp3) is 0.111. The Bertz CT molecular complexity index is 1520. The molecule has 6 rings (SSSR count). The van der Waals surface area contributed by atoms with Crippen molar-refractivity contribution in [2.24, 2.45) is 5.92 Å². The maximum absolute atomic E-state index is 13.6. The number of para-hydroxylation sites is 2. The molecule has 2 fully saturated rings. The number of nitro groups is 1. The fourth-order valence-corrected chi connectivity index (χ4v) is 4.84. The molecule has 0 unspecified atom stereocenters. The highest BCUT2D eigenvalue weighted by molar-refractivity contribution is 6.23. The average Bonchev–Trinajstić information content (AvgIpc) is 3.60. The summed E-state index contributed by atoms with van der Waals surface area (Å²) in [5.41, 5.74) is 0.986. The van der Waals surface area contributed by atoms with Gasteiger partial charge < -0.3 is 4.42 Å². The molecule has 4 aromatic rings. The number of benzene rings is 3. The minimum Gasteiger partial charge on any atom is -0.458 e. The highest BCUT2D eigenvalue weighted by Gasteiger charge is 2.61. The van der Waals surface area contributed by atoms with Crippen LogP contribution in [0.15, 0.2) is 95.4 Å². The third-order valence-corrected chi connectivity index (χ3v) is 6.50. The summed E-state index contributed by atoms with van der Waals surface area (Å²) in [6.07, 6.45) is -1.14. The molecule has 0 aliphatic carbocycles. The predicted molar refractivity (Wildman–Crippen MR) is 130 cm³/mol. The maximum atomic E-state index is 13.6. The Morgan fingerprint density at radius 2 is 1.51 bits per heavy atom. The highest BCUT2D eigenvalue weighted by Crippen LogP contribution is 2.48. The van der Waals surface area contributed by atoms with Crippen LogP contribution in [0.4, 0.5) is 21.5 Å². The largest absolute Gasteiger partial charge is 0.458 e. The number of imide groups is 1. The number of nitro benzene ring substituents is 1. The predicted octanol–water partition coefficient (Wildman–Crippen LogP) is 5.05. The lowest BCUT2D eigenvalue weighted by atomic mass is 9.94. The van der Waals surface area contributed by atoms with Crippen LogP contribution in [-0.4, -0.2) is 22.8 Å². The quantitative estimate of drug-likeness (QED) is 0.215. The third-order valence-electron chi connectivity index (χ3n) is 6.50. The van der Waals surface area contributed by atoms with Crippen molar-refractivity contribution in [3.63, 3.8) is 0 Å². The number of anilines is 2. The summed E-state index contributed by atoms with van der Waals surface area (Å²) in [6, 6.07) is 22.5. The van der Waals surface area contributed by atoms with Crippen LogP contribution in [0.3, 0.4) is 0 Å². The number of nitrogens with zero attached hydrogens (tertiary/aromatic N) is 3. The molecule has 184 valence electrons. The van der Waals surface area contributed by atoms with Gasteiger partial charge in [0.05, 0.1) is 21.9 Å². The minimum atomic E-state index is -1.14. The van der Waals surface area contributed by atoms with Gasteiger partial charge in [-0.05, 0) is 54.6 Å². The van der Waals surface area contributed by atoms with Crippen LogP contribution in [0.2, 0.25) is 0 Å². The van der Waals surface area contributed by atoms with E-state index in [1.54, 1.807) is 54.6 Å². The highest BCUT2D eigenvalue weighted by atomic mass is 19.1. The van der Waals surface area contributed by atoms with Gasteiger partial charge in [0.25, 0.3) is 11.6 Å². The smallest absolute Gasteiger partial charge is 0.280 e. The van der Waals surface area contributed by atoms with Crippen molar-refractivity contribution in [1.82, 2.24) is 0 Å². The van der Waals surface area contributed by atoms with Gasteiger partial charge in [0.1, 0.15) is 29.3 Å². The van der Waals surface area contributed by atoms with Gasteiger partial charge in [-0.1, -0.05) is 30.3 Å². The van der Waals surface area contributed by atoms with Gasteiger partial charge in [-0.3, -0.25) is 24.5 Å². The monoisotopic (exact) mass is 499 g/mol. The number of carbonyl (C=O) groups is 2. The molecule has 9 nitrogen and oxygen atoms in total. The summed E-state index contributed by atoms with van der Waals surface area (Å²) in [4.78, 5) is 45.1. The van der Waals surface area contributed by atoms with Crippen LogP contribution < -0.4 is 9.96 Å². The lowest BCUT2D eigenvalue weighted by Crippen LogP contribution is -2.37. The van der Waals surface area contributed by atoms with Gasteiger partial charge in [-0.25, -0.2) is 14.4 Å². The van der Waals surface area contributed by atoms with Gasteiger partial charge in [-0.2, -0.15) is 0 Å². The molecule has 0 spiro atoms. The SMILES string of the molecule is O=C1[C@@H]2[C@@H](ON(c3ccccc3)[C@H]2c2ccc(-c3ccccc3[N+](=O)[O-])o2)C(=O)N1c1ccc(F)cc1. The molecule has 37 heavy (non-hydrogen) atoms. The van der Waals surface area contributed by atoms with E-state index in [0.717, 1.165) is 4.90 Å². The molecule has 0 radical (unpaired) electrons. The first-order valence-electron chi connectivity index (χ1n) is 11.4. The van der Waals surface area contributed by atoms with E-state index in [0.29, 0.717) is 11.4 Å². The molecule has 2 aliphatic heterocycles. The molecule has 0 bridgehead atoms. The molecule has 2 amide bonds. The molecular weight excluding hydrogens is 481 g/mol. The maximum Gasteiger partial charge on any atom is 0.280 e. The number of hydrogen-bond donors (Lipinski definition) is 0. The van der Waals surface area contributed by atoms with Crippen LogP contribution in [0.5, 0.6) is 0 Å². The number of furan rings is 1. The lowest BCUT2D eigenvalue weighted by molar-refractivity contribution is -0.384. The second-order valence-electron chi connectivity index (χ2n) is 8.62. The Morgan fingerprint density at radius 1 is 0.811 bits per heavy atom. The van der Waals surface area contributed by atoms with Crippen LogP contribution in [0, 0.1) is 21.8 Å². The van der Waals surface area contributed by atoms with Crippen molar-refractivity contribution in [3.8, 4) is 11.3 Å². The number of hydrogen-bond acceptors (Lipinski definition) is 7. The summed E-state index contributed by atoms with van der Waals surface area (Å²) in [5, 5.41) is 13.0. The average molecular weight is 499 g/mol. The van der Waals surface area contributed by atoms with Crippen LogP contribution in [0.1, 0.15) is 11.8 Å². The topological polar surface area (TPSA) is 106 Å². The molecule has 1 aromatic heterocycles. The number of amides is 2. The zero-order valence-corrected chi connectivity index (χ0v) is 19.1. The van der Waals surface area contributed by atoms with Crippen molar-refractivity contribution >= 4 is 28.9 Å².